The number of rotatable bonds is 8. The fraction of sp³-hybridized carbons (Fsp3) is 0.156. The maximum Gasteiger partial charge on any atom is 0.407 e. The summed E-state index contributed by atoms with van der Waals surface area (Å²) in [5.74, 6) is -0.534. The molecule has 0 aromatic heterocycles. The summed E-state index contributed by atoms with van der Waals surface area (Å²) in [5.41, 5.74) is 5.90. The van der Waals surface area contributed by atoms with Gasteiger partial charge in [-0.15, -0.1) is 0 Å². The molecule has 39 heavy (non-hydrogen) atoms. The van der Waals surface area contributed by atoms with Gasteiger partial charge >= 0.3 is 12.1 Å². The average molecular weight is 521 g/mol. The van der Waals surface area contributed by atoms with Gasteiger partial charge in [0.2, 0.25) is 5.91 Å². The van der Waals surface area contributed by atoms with E-state index >= 15 is 0 Å². The van der Waals surface area contributed by atoms with E-state index in [1.807, 2.05) is 54.6 Å². The van der Waals surface area contributed by atoms with E-state index in [0.717, 1.165) is 27.8 Å². The molecule has 196 valence electrons. The molecular weight excluding hydrogens is 492 g/mol. The normalized spacial score (nSPS) is 12.5. The summed E-state index contributed by atoms with van der Waals surface area (Å²) in [6.45, 7) is 1.47. The van der Waals surface area contributed by atoms with Gasteiger partial charge in [0.25, 0.3) is 0 Å². The third kappa shape index (κ3) is 6.15. The molecule has 1 aliphatic rings. The zero-order chi connectivity index (χ0) is 27.2. The molecular formula is C32H28N2O5. The molecule has 0 spiro atoms. The van der Waals surface area contributed by atoms with Crippen molar-refractivity contribution in [3.05, 3.63) is 120 Å². The van der Waals surface area contributed by atoms with Crippen LogP contribution in [0.3, 0.4) is 0 Å². The highest BCUT2D eigenvalue weighted by atomic mass is 16.5. The van der Waals surface area contributed by atoms with Gasteiger partial charge in [0.1, 0.15) is 18.4 Å². The van der Waals surface area contributed by atoms with Crippen molar-refractivity contribution in [2.45, 2.75) is 25.3 Å². The van der Waals surface area contributed by atoms with Crippen LogP contribution >= 0.6 is 0 Å². The molecule has 0 unspecified atom stereocenters. The second-order valence-electron chi connectivity index (χ2n) is 9.32. The molecule has 0 bridgehead atoms. The number of fused-ring (bicyclic) bond motifs is 3. The van der Waals surface area contributed by atoms with Crippen LogP contribution in [0.15, 0.2) is 103 Å². The minimum Gasteiger partial charge on any atom is -0.449 e. The number of anilines is 1. The van der Waals surface area contributed by atoms with Crippen molar-refractivity contribution in [1.29, 1.82) is 0 Å². The van der Waals surface area contributed by atoms with Crippen LogP contribution in [0.2, 0.25) is 0 Å². The number of hydrogen-bond acceptors (Lipinski definition) is 5. The number of carbonyl (C=O) groups is 3. The van der Waals surface area contributed by atoms with Crippen molar-refractivity contribution in [1.82, 2.24) is 5.32 Å². The fourth-order valence-electron chi connectivity index (χ4n) is 4.84. The van der Waals surface area contributed by atoms with Crippen LogP contribution in [0, 0.1) is 0 Å². The first-order valence-corrected chi connectivity index (χ1v) is 12.7. The van der Waals surface area contributed by atoms with Crippen molar-refractivity contribution in [3.8, 4) is 16.9 Å². The molecule has 4 aromatic rings. The molecule has 0 saturated heterocycles. The highest BCUT2D eigenvalue weighted by Gasteiger charge is 2.30. The molecule has 2 N–H and O–H groups in total. The molecule has 2 amide bonds. The fourth-order valence-corrected chi connectivity index (χ4v) is 4.84. The summed E-state index contributed by atoms with van der Waals surface area (Å²) >= 11 is 0. The lowest BCUT2D eigenvalue weighted by molar-refractivity contribution is -0.131. The second-order valence-corrected chi connectivity index (χ2v) is 9.32. The second kappa shape index (κ2) is 11.6. The highest BCUT2D eigenvalue weighted by Crippen LogP contribution is 2.44. The largest absolute Gasteiger partial charge is 0.449 e. The van der Waals surface area contributed by atoms with Crippen LogP contribution in [-0.2, 0) is 20.7 Å². The lowest BCUT2D eigenvalue weighted by Gasteiger charge is -2.20. The van der Waals surface area contributed by atoms with Gasteiger partial charge in [-0.3, -0.25) is 9.59 Å². The number of alkyl carbamates (subject to hydrolysis) is 1. The Balaban J connectivity index is 1.27. The van der Waals surface area contributed by atoms with E-state index in [-0.39, 0.29) is 18.9 Å². The van der Waals surface area contributed by atoms with Gasteiger partial charge in [-0.1, -0.05) is 78.9 Å². The van der Waals surface area contributed by atoms with Gasteiger partial charge in [0.15, 0.2) is 0 Å². The van der Waals surface area contributed by atoms with Gasteiger partial charge in [0, 0.05) is 24.9 Å². The molecule has 0 saturated carbocycles. The van der Waals surface area contributed by atoms with Crippen molar-refractivity contribution in [2.24, 2.45) is 0 Å². The lowest BCUT2D eigenvalue weighted by Crippen LogP contribution is -2.45. The topological polar surface area (TPSA) is 93.7 Å². The molecule has 4 aromatic carbocycles. The Labute approximate surface area is 226 Å². The van der Waals surface area contributed by atoms with Crippen LogP contribution in [0.25, 0.3) is 11.1 Å². The Bertz CT molecular complexity index is 1440. The average Bonchev–Trinajstić information content (AvgIpc) is 3.26. The van der Waals surface area contributed by atoms with Crippen LogP contribution < -0.4 is 15.4 Å². The molecule has 7 heteroatoms. The van der Waals surface area contributed by atoms with Crippen LogP contribution in [-0.4, -0.2) is 30.6 Å². The summed E-state index contributed by atoms with van der Waals surface area (Å²) in [6, 6.07) is 31.2. The van der Waals surface area contributed by atoms with E-state index in [1.165, 1.54) is 6.92 Å². The van der Waals surface area contributed by atoms with Crippen molar-refractivity contribution in [2.75, 3.05) is 11.9 Å². The Hall–Kier alpha value is -4.91. The standard InChI is InChI=1S/C32H28N2O5/c1-21(35)39-24-17-15-23(16-18-24)33-31(36)30(19-22-9-3-2-4-10-22)34-32(37)38-20-29-27-13-7-5-11-25(27)26-12-6-8-14-28(26)29/h2-18,29-30H,19-20H2,1H3,(H,33,36)(H,34,37)/t30-/m0/s1. The number of amides is 2. The monoisotopic (exact) mass is 520 g/mol. The SMILES string of the molecule is CC(=O)Oc1ccc(NC(=O)[C@H](Cc2ccccc2)NC(=O)OCC2c3ccccc3-c3ccccc32)cc1. The van der Waals surface area contributed by atoms with E-state index in [0.29, 0.717) is 11.4 Å². The van der Waals surface area contributed by atoms with Gasteiger partial charge in [-0.05, 0) is 52.1 Å². The minimum absolute atomic E-state index is 0.0831. The Morgan fingerprint density at radius 2 is 1.36 bits per heavy atom. The predicted molar refractivity (Wildman–Crippen MR) is 149 cm³/mol. The van der Waals surface area contributed by atoms with E-state index in [4.69, 9.17) is 9.47 Å². The third-order valence-electron chi connectivity index (χ3n) is 6.62. The number of nitrogens with one attached hydrogen (secondary N) is 2. The smallest absolute Gasteiger partial charge is 0.407 e. The number of hydrogen-bond donors (Lipinski definition) is 2. The first-order chi connectivity index (χ1) is 19.0. The molecule has 0 heterocycles. The minimum atomic E-state index is -0.879. The van der Waals surface area contributed by atoms with Gasteiger partial charge < -0.3 is 20.1 Å². The molecule has 1 aliphatic carbocycles. The van der Waals surface area contributed by atoms with Crippen molar-refractivity contribution < 1.29 is 23.9 Å². The summed E-state index contributed by atoms with van der Waals surface area (Å²) in [5, 5.41) is 5.57. The summed E-state index contributed by atoms with van der Waals surface area (Å²) in [4.78, 5) is 37.4. The van der Waals surface area contributed by atoms with Gasteiger partial charge in [0.05, 0.1) is 0 Å². The van der Waals surface area contributed by atoms with Crippen LogP contribution in [0.4, 0.5) is 10.5 Å². The zero-order valence-electron chi connectivity index (χ0n) is 21.4. The summed E-state index contributed by atoms with van der Waals surface area (Å²) in [7, 11) is 0. The molecule has 7 nitrogen and oxygen atoms in total. The molecule has 0 fully saturated rings. The van der Waals surface area contributed by atoms with E-state index in [2.05, 4.69) is 34.9 Å². The predicted octanol–water partition coefficient (Wildman–Crippen LogP) is 5.70. The van der Waals surface area contributed by atoms with E-state index in [1.54, 1.807) is 24.3 Å². The summed E-state index contributed by atoms with van der Waals surface area (Å²) in [6.07, 6.45) is -0.388. The Morgan fingerprint density at radius 3 is 1.97 bits per heavy atom. The van der Waals surface area contributed by atoms with Crippen molar-refractivity contribution >= 4 is 23.7 Å². The van der Waals surface area contributed by atoms with E-state index < -0.39 is 24.0 Å². The maximum absolute atomic E-state index is 13.2. The lowest BCUT2D eigenvalue weighted by atomic mass is 9.98. The Kier molecular flexibility index (Phi) is 7.68. The number of esters is 1. The number of benzene rings is 4. The third-order valence-corrected chi connectivity index (χ3v) is 6.62. The first-order valence-electron chi connectivity index (χ1n) is 12.7. The number of ether oxygens (including phenoxy) is 2. The highest BCUT2D eigenvalue weighted by molar-refractivity contribution is 5.96. The molecule has 0 aliphatic heterocycles. The Morgan fingerprint density at radius 1 is 0.769 bits per heavy atom. The summed E-state index contributed by atoms with van der Waals surface area (Å²) < 4.78 is 10.7. The first kappa shape index (κ1) is 25.7. The zero-order valence-corrected chi connectivity index (χ0v) is 21.4. The number of carbonyl (C=O) groups excluding carboxylic acids is 3. The molecule has 0 radical (unpaired) electrons. The quantitative estimate of drug-likeness (QED) is 0.230. The maximum atomic E-state index is 13.2. The molecule has 5 rings (SSSR count). The van der Waals surface area contributed by atoms with Crippen molar-refractivity contribution in [3.63, 3.8) is 0 Å². The van der Waals surface area contributed by atoms with Crippen LogP contribution in [0.5, 0.6) is 5.75 Å². The van der Waals surface area contributed by atoms with Gasteiger partial charge in [-0.25, -0.2) is 4.79 Å². The van der Waals surface area contributed by atoms with Crippen LogP contribution in [0.1, 0.15) is 29.5 Å². The molecule has 1 atom stereocenters. The van der Waals surface area contributed by atoms with E-state index in [9.17, 15) is 14.4 Å². The van der Waals surface area contributed by atoms with Gasteiger partial charge in [-0.2, -0.15) is 0 Å².